The normalized spacial score (nSPS) is 11.3. The molecular weight excluding hydrogens is 291 g/mol. The molecule has 0 atom stereocenters. The van der Waals surface area contributed by atoms with E-state index < -0.39 is 15.8 Å². The van der Waals surface area contributed by atoms with Crippen molar-refractivity contribution in [3.8, 4) is 0 Å². The highest BCUT2D eigenvalue weighted by atomic mass is 35.5. The topological polar surface area (TPSA) is 59.1 Å². The minimum Gasteiger partial charge on any atom is -0.279 e. The third-order valence-electron chi connectivity index (χ3n) is 2.33. The van der Waals surface area contributed by atoms with Gasteiger partial charge < -0.3 is 0 Å². The van der Waals surface area contributed by atoms with Gasteiger partial charge in [0.05, 0.1) is 10.7 Å². The van der Waals surface area contributed by atoms with E-state index in [2.05, 4.69) is 9.71 Å². The Balaban J connectivity index is 2.40. The summed E-state index contributed by atoms with van der Waals surface area (Å²) in [5, 5.41) is -0.0420. The van der Waals surface area contributed by atoms with Gasteiger partial charge >= 0.3 is 0 Å². The molecule has 0 amide bonds. The molecule has 1 aromatic heterocycles. The van der Waals surface area contributed by atoms with Gasteiger partial charge in [-0.1, -0.05) is 11.6 Å². The molecule has 1 heterocycles. The Morgan fingerprint density at radius 1 is 1.26 bits per heavy atom. The molecular formula is C12H10ClFN2O2S. The Morgan fingerprint density at radius 2 is 2.00 bits per heavy atom. The summed E-state index contributed by atoms with van der Waals surface area (Å²) in [4.78, 5) is 3.65. The second kappa shape index (κ2) is 5.14. The van der Waals surface area contributed by atoms with Crippen molar-refractivity contribution in [1.82, 2.24) is 4.98 Å². The first-order valence-corrected chi connectivity index (χ1v) is 7.15. The van der Waals surface area contributed by atoms with Crippen molar-refractivity contribution in [2.45, 2.75) is 11.8 Å². The lowest BCUT2D eigenvalue weighted by Crippen LogP contribution is -2.14. The van der Waals surface area contributed by atoms with Crippen molar-refractivity contribution < 1.29 is 12.8 Å². The Hall–Kier alpha value is -1.66. The Morgan fingerprint density at radius 3 is 2.68 bits per heavy atom. The van der Waals surface area contributed by atoms with E-state index in [1.165, 1.54) is 18.3 Å². The SMILES string of the molecule is Cc1cc(NS(=O)(=O)c2cc(F)ccc2Cl)ccn1. The van der Waals surface area contributed by atoms with Crippen LogP contribution in [0.2, 0.25) is 5.02 Å². The third kappa shape index (κ3) is 3.21. The standard InChI is InChI=1S/C12H10ClFN2O2S/c1-8-6-10(4-5-15-8)16-19(17,18)12-7-9(14)2-3-11(12)13/h2-7H,1H3,(H,15,16). The number of anilines is 1. The lowest BCUT2D eigenvalue weighted by molar-refractivity contribution is 0.595. The minimum absolute atomic E-state index is 0.0420. The number of benzene rings is 1. The second-order valence-corrected chi connectivity index (χ2v) is 5.92. The van der Waals surface area contributed by atoms with Gasteiger partial charge in [-0.05, 0) is 37.3 Å². The van der Waals surface area contributed by atoms with Crippen LogP contribution in [-0.2, 0) is 10.0 Å². The highest BCUT2D eigenvalue weighted by molar-refractivity contribution is 7.92. The van der Waals surface area contributed by atoms with Gasteiger partial charge in [0.25, 0.3) is 10.0 Å². The molecule has 1 N–H and O–H groups in total. The Bertz CT molecular complexity index is 719. The summed E-state index contributed by atoms with van der Waals surface area (Å²) < 4.78 is 39.7. The lowest BCUT2D eigenvalue weighted by atomic mass is 10.3. The molecule has 0 radical (unpaired) electrons. The van der Waals surface area contributed by atoms with E-state index in [4.69, 9.17) is 11.6 Å². The fraction of sp³-hybridized carbons (Fsp3) is 0.0833. The number of nitrogens with one attached hydrogen (secondary N) is 1. The predicted octanol–water partition coefficient (Wildman–Crippen LogP) is 2.98. The van der Waals surface area contributed by atoms with Gasteiger partial charge in [-0.2, -0.15) is 0 Å². The molecule has 0 aliphatic rings. The summed E-state index contributed by atoms with van der Waals surface area (Å²) in [5.41, 5.74) is 0.998. The number of pyridine rings is 1. The maximum Gasteiger partial charge on any atom is 0.263 e. The van der Waals surface area contributed by atoms with Gasteiger partial charge in [0.2, 0.25) is 0 Å². The second-order valence-electron chi connectivity index (χ2n) is 3.87. The molecule has 0 fully saturated rings. The number of halogens is 2. The van der Waals surface area contributed by atoms with E-state index >= 15 is 0 Å². The molecule has 0 unspecified atom stereocenters. The quantitative estimate of drug-likeness (QED) is 0.948. The molecule has 7 heteroatoms. The van der Waals surface area contributed by atoms with Gasteiger partial charge in [0.1, 0.15) is 10.7 Å². The third-order valence-corrected chi connectivity index (χ3v) is 4.19. The first-order valence-electron chi connectivity index (χ1n) is 5.29. The maximum absolute atomic E-state index is 13.1. The van der Waals surface area contributed by atoms with Crippen molar-refractivity contribution in [2.24, 2.45) is 0 Å². The van der Waals surface area contributed by atoms with Gasteiger partial charge in [-0.3, -0.25) is 9.71 Å². The highest BCUT2D eigenvalue weighted by Crippen LogP contribution is 2.24. The van der Waals surface area contributed by atoms with Crippen LogP contribution in [-0.4, -0.2) is 13.4 Å². The van der Waals surface area contributed by atoms with Crippen LogP contribution in [0.1, 0.15) is 5.69 Å². The Kier molecular flexibility index (Phi) is 3.73. The summed E-state index contributed by atoms with van der Waals surface area (Å²) in [7, 11) is -3.93. The monoisotopic (exact) mass is 300 g/mol. The number of aromatic nitrogens is 1. The van der Waals surface area contributed by atoms with Crippen molar-refractivity contribution in [3.05, 3.63) is 53.1 Å². The summed E-state index contributed by atoms with van der Waals surface area (Å²) in [6, 6.07) is 6.22. The van der Waals surface area contributed by atoms with Gasteiger partial charge in [-0.15, -0.1) is 0 Å². The average Bonchev–Trinajstić information content (AvgIpc) is 2.31. The minimum atomic E-state index is -3.93. The number of hydrogen-bond acceptors (Lipinski definition) is 3. The largest absolute Gasteiger partial charge is 0.279 e. The Labute approximate surface area is 115 Å². The van der Waals surface area contributed by atoms with E-state index in [-0.39, 0.29) is 9.92 Å². The average molecular weight is 301 g/mol. The van der Waals surface area contributed by atoms with E-state index in [0.717, 1.165) is 12.1 Å². The zero-order valence-electron chi connectivity index (χ0n) is 9.89. The van der Waals surface area contributed by atoms with Gasteiger partial charge in [-0.25, -0.2) is 12.8 Å². The molecule has 19 heavy (non-hydrogen) atoms. The molecule has 0 aliphatic carbocycles. The van der Waals surface area contributed by atoms with Crippen molar-refractivity contribution in [3.63, 3.8) is 0 Å². The van der Waals surface area contributed by atoms with Crippen molar-refractivity contribution in [1.29, 1.82) is 0 Å². The van der Waals surface area contributed by atoms with Crippen molar-refractivity contribution >= 4 is 27.3 Å². The number of hydrogen-bond donors (Lipinski definition) is 1. The number of nitrogens with zero attached hydrogens (tertiary/aromatic N) is 1. The zero-order valence-corrected chi connectivity index (χ0v) is 11.5. The highest BCUT2D eigenvalue weighted by Gasteiger charge is 2.19. The van der Waals surface area contributed by atoms with E-state index in [1.807, 2.05) is 0 Å². The molecule has 0 bridgehead atoms. The van der Waals surface area contributed by atoms with Crippen LogP contribution in [0, 0.1) is 12.7 Å². The van der Waals surface area contributed by atoms with E-state index in [0.29, 0.717) is 11.4 Å². The molecule has 2 aromatic rings. The van der Waals surface area contributed by atoms with Crippen LogP contribution in [0.4, 0.5) is 10.1 Å². The molecule has 4 nitrogen and oxygen atoms in total. The summed E-state index contributed by atoms with van der Waals surface area (Å²) in [6.07, 6.45) is 1.47. The molecule has 0 saturated heterocycles. The smallest absolute Gasteiger partial charge is 0.263 e. The van der Waals surface area contributed by atoms with Crippen LogP contribution in [0.25, 0.3) is 0 Å². The fourth-order valence-corrected chi connectivity index (χ4v) is 3.06. The van der Waals surface area contributed by atoms with Crippen LogP contribution >= 0.6 is 11.6 Å². The predicted molar refractivity (Wildman–Crippen MR) is 71.2 cm³/mol. The first-order chi connectivity index (χ1) is 8.88. The molecule has 0 spiro atoms. The number of rotatable bonds is 3. The lowest BCUT2D eigenvalue weighted by Gasteiger charge is -2.09. The molecule has 2 rings (SSSR count). The molecule has 100 valence electrons. The summed E-state index contributed by atoms with van der Waals surface area (Å²) in [5.74, 6) is -0.671. The van der Waals surface area contributed by atoms with E-state index in [9.17, 15) is 12.8 Å². The zero-order chi connectivity index (χ0) is 14.0. The summed E-state index contributed by atoms with van der Waals surface area (Å²) >= 11 is 5.78. The van der Waals surface area contributed by atoms with Crippen LogP contribution < -0.4 is 4.72 Å². The van der Waals surface area contributed by atoms with Crippen LogP contribution in [0.3, 0.4) is 0 Å². The first kappa shape index (κ1) is 13.8. The fourth-order valence-electron chi connectivity index (χ4n) is 1.50. The van der Waals surface area contributed by atoms with Crippen LogP contribution in [0.5, 0.6) is 0 Å². The molecule has 1 aromatic carbocycles. The molecule has 0 saturated carbocycles. The number of sulfonamides is 1. The number of aryl methyl sites for hydroxylation is 1. The van der Waals surface area contributed by atoms with Gasteiger partial charge in [0.15, 0.2) is 0 Å². The maximum atomic E-state index is 13.1. The van der Waals surface area contributed by atoms with E-state index in [1.54, 1.807) is 13.0 Å². The summed E-state index contributed by atoms with van der Waals surface area (Å²) in [6.45, 7) is 1.73. The van der Waals surface area contributed by atoms with Crippen LogP contribution in [0.15, 0.2) is 41.4 Å². The van der Waals surface area contributed by atoms with Crippen molar-refractivity contribution in [2.75, 3.05) is 4.72 Å². The van der Waals surface area contributed by atoms with Gasteiger partial charge in [0, 0.05) is 11.9 Å². The molecule has 0 aliphatic heterocycles.